The van der Waals surface area contributed by atoms with Crippen molar-refractivity contribution in [1.29, 1.82) is 0 Å². The van der Waals surface area contributed by atoms with Gasteiger partial charge in [-0.1, -0.05) is 17.4 Å². The molecule has 5 nitrogen and oxygen atoms in total. The molecule has 1 aromatic carbocycles. The van der Waals surface area contributed by atoms with Gasteiger partial charge in [0.25, 0.3) is 5.91 Å². The predicted octanol–water partition coefficient (Wildman–Crippen LogP) is 2.68. The molecule has 0 unspecified atom stereocenters. The number of aryl methyl sites for hydroxylation is 1. The first-order valence-electron chi connectivity index (χ1n) is 5.36. The zero-order valence-corrected chi connectivity index (χ0v) is 10.9. The Kier molecular flexibility index (Phi) is 3.75. The maximum absolute atomic E-state index is 13.4. The van der Waals surface area contributed by atoms with Crippen molar-refractivity contribution in [2.75, 3.05) is 5.32 Å². The van der Waals surface area contributed by atoms with E-state index < -0.39 is 29.1 Å². The summed E-state index contributed by atoms with van der Waals surface area (Å²) in [6.45, 7) is 1.46. The summed E-state index contributed by atoms with van der Waals surface area (Å²) in [4.78, 5) is 26.4. The van der Waals surface area contributed by atoms with Crippen LogP contribution in [0.3, 0.4) is 0 Å². The van der Waals surface area contributed by atoms with Crippen molar-refractivity contribution in [3.8, 4) is 0 Å². The number of carboxylic acid groups (broad SMARTS) is 1. The summed E-state index contributed by atoms with van der Waals surface area (Å²) in [5, 5.41) is 11.0. The molecule has 1 heterocycles. The molecule has 1 aromatic heterocycles. The van der Waals surface area contributed by atoms with Crippen molar-refractivity contribution in [3.63, 3.8) is 0 Å². The molecule has 0 saturated heterocycles. The number of carbonyl (C=O) groups excluding carboxylic acids is 1. The molecule has 0 radical (unpaired) electrons. The smallest absolute Gasteiger partial charge is 0.347 e. The number of rotatable bonds is 3. The van der Waals surface area contributed by atoms with Gasteiger partial charge in [-0.2, -0.15) is 0 Å². The van der Waals surface area contributed by atoms with Crippen LogP contribution in [0.5, 0.6) is 0 Å². The minimum atomic E-state index is -1.18. The van der Waals surface area contributed by atoms with Gasteiger partial charge in [0.05, 0.1) is 5.69 Å². The molecule has 8 heteroatoms. The highest BCUT2D eigenvalue weighted by molar-refractivity contribution is 7.17. The van der Waals surface area contributed by atoms with Crippen LogP contribution in [0.2, 0.25) is 0 Å². The zero-order valence-electron chi connectivity index (χ0n) is 10.1. The third kappa shape index (κ3) is 2.64. The number of nitrogens with zero attached hydrogens (tertiary/aromatic N) is 1. The van der Waals surface area contributed by atoms with Crippen LogP contribution in [0.25, 0.3) is 0 Å². The molecule has 0 atom stereocenters. The number of aromatic carboxylic acids is 1. The van der Waals surface area contributed by atoms with Crippen LogP contribution in [-0.2, 0) is 0 Å². The van der Waals surface area contributed by atoms with Gasteiger partial charge in [0.15, 0.2) is 5.13 Å². The lowest BCUT2D eigenvalue weighted by Crippen LogP contribution is -2.15. The fourth-order valence-electron chi connectivity index (χ4n) is 1.52. The Bertz CT molecular complexity index is 680. The Labute approximate surface area is 115 Å². The number of hydrogen-bond acceptors (Lipinski definition) is 4. The Balaban J connectivity index is 2.28. The molecule has 1 amide bonds. The summed E-state index contributed by atoms with van der Waals surface area (Å²) < 4.78 is 26.8. The highest BCUT2D eigenvalue weighted by Gasteiger charge is 2.20. The molecule has 0 aliphatic heterocycles. The molecule has 2 N–H and O–H groups in total. The van der Waals surface area contributed by atoms with E-state index >= 15 is 0 Å². The summed E-state index contributed by atoms with van der Waals surface area (Å²) >= 11 is 0.715. The van der Waals surface area contributed by atoms with Gasteiger partial charge in [0, 0.05) is 0 Å². The topological polar surface area (TPSA) is 79.3 Å². The number of nitrogens with one attached hydrogen (secondary N) is 1. The molecular formula is C12H8F2N2O3S. The predicted molar refractivity (Wildman–Crippen MR) is 68.1 cm³/mol. The number of aromatic nitrogens is 1. The van der Waals surface area contributed by atoms with Crippen LogP contribution < -0.4 is 5.32 Å². The highest BCUT2D eigenvalue weighted by Crippen LogP contribution is 2.23. The average Bonchev–Trinajstić information content (AvgIpc) is 2.70. The quantitative estimate of drug-likeness (QED) is 0.913. The third-order valence-electron chi connectivity index (χ3n) is 2.40. The van der Waals surface area contributed by atoms with Crippen LogP contribution in [0, 0.1) is 18.6 Å². The largest absolute Gasteiger partial charge is 0.477 e. The number of carboxylic acids is 1. The van der Waals surface area contributed by atoms with E-state index in [1.54, 1.807) is 0 Å². The minimum Gasteiger partial charge on any atom is -0.477 e. The second kappa shape index (κ2) is 5.33. The van der Waals surface area contributed by atoms with Crippen LogP contribution in [0.4, 0.5) is 13.9 Å². The summed E-state index contributed by atoms with van der Waals surface area (Å²) in [7, 11) is 0. The standard InChI is InChI=1S/C12H8F2N2O3S/c1-5-9(11(18)19)20-12(15-5)16-10(17)8-6(13)3-2-4-7(8)14/h2-4H,1H3,(H,18,19)(H,15,16,17). The molecule has 0 fully saturated rings. The molecule has 0 aliphatic carbocycles. The molecule has 104 valence electrons. The summed E-state index contributed by atoms with van der Waals surface area (Å²) in [5.74, 6) is -4.22. The Hall–Kier alpha value is -2.35. The number of halogens is 2. The van der Waals surface area contributed by atoms with Gasteiger partial charge in [-0.05, 0) is 19.1 Å². The van der Waals surface area contributed by atoms with E-state index in [1.165, 1.54) is 6.92 Å². The van der Waals surface area contributed by atoms with Gasteiger partial charge in [-0.15, -0.1) is 0 Å². The van der Waals surface area contributed by atoms with Gasteiger partial charge >= 0.3 is 5.97 Å². The van der Waals surface area contributed by atoms with Gasteiger partial charge in [-0.25, -0.2) is 18.6 Å². The first-order valence-corrected chi connectivity index (χ1v) is 6.18. The van der Waals surface area contributed by atoms with E-state index in [1.807, 2.05) is 0 Å². The number of benzene rings is 1. The molecular weight excluding hydrogens is 290 g/mol. The molecule has 2 aromatic rings. The number of anilines is 1. The third-order valence-corrected chi connectivity index (χ3v) is 3.46. The van der Waals surface area contributed by atoms with Crippen molar-refractivity contribution >= 4 is 28.3 Å². The number of carbonyl (C=O) groups is 2. The normalized spacial score (nSPS) is 10.3. The van der Waals surface area contributed by atoms with Crippen molar-refractivity contribution in [3.05, 3.63) is 46.0 Å². The summed E-state index contributed by atoms with van der Waals surface area (Å²) in [6.07, 6.45) is 0. The Morgan fingerprint density at radius 2 is 1.90 bits per heavy atom. The van der Waals surface area contributed by atoms with E-state index in [2.05, 4.69) is 10.3 Å². The Morgan fingerprint density at radius 3 is 2.40 bits per heavy atom. The first-order chi connectivity index (χ1) is 9.40. The average molecular weight is 298 g/mol. The van der Waals surface area contributed by atoms with Crippen molar-refractivity contribution in [2.24, 2.45) is 0 Å². The second-order valence-electron chi connectivity index (χ2n) is 3.79. The number of amides is 1. The van der Waals surface area contributed by atoms with Crippen LogP contribution in [-0.4, -0.2) is 22.0 Å². The summed E-state index contributed by atoms with van der Waals surface area (Å²) in [5.41, 5.74) is -0.524. The van der Waals surface area contributed by atoms with E-state index in [4.69, 9.17) is 5.11 Å². The zero-order chi connectivity index (χ0) is 14.9. The maximum atomic E-state index is 13.4. The maximum Gasteiger partial charge on any atom is 0.347 e. The lowest BCUT2D eigenvalue weighted by atomic mass is 10.2. The van der Waals surface area contributed by atoms with Gasteiger partial charge < -0.3 is 5.11 Å². The minimum absolute atomic E-state index is 0.0347. The van der Waals surface area contributed by atoms with Crippen molar-refractivity contribution in [2.45, 2.75) is 6.92 Å². The molecule has 2 rings (SSSR count). The van der Waals surface area contributed by atoms with E-state index in [0.29, 0.717) is 11.3 Å². The number of thiazole rings is 1. The second-order valence-corrected chi connectivity index (χ2v) is 4.79. The van der Waals surface area contributed by atoms with E-state index in [9.17, 15) is 18.4 Å². The summed E-state index contributed by atoms with van der Waals surface area (Å²) in [6, 6.07) is 3.04. The molecule has 0 bridgehead atoms. The van der Waals surface area contributed by atoms with Crippen LogP contribution >= 0.6 is 11.3 Å². The lowest BCUT2D eigenvalue weighted by molar-refractivity contribution is 0.0701. The lowest BCUT2D eigenvalue weighted by Gasteiger charge is -2.03. The van der Waals surface area contributed by atoms with E-state index in [0.717, 1.165) is 18.2 Å². The first kappa shape index (κ1) is 14.1. The molecule has 20 heavy (non-hydrogen) atoms. The number of hydrogen-bond donors (Lipinski definition) is 2. The molecule has 0 aliphatic rings. The van der Waals surface area contributed by atoms with Gasteiger partial charge in [0.1, 0.15) is 22.1 Å². The van der Waals surface area contributed by atoms with Crippen molar-refractivity contribution in [1.82, 2.24) is 4.98 Å². The Morgan fingerprint density at radius 1 is 1.30 bits per heavy atom. The SMILES string of the molecule is Cc1nc(NC(=O)c2c(F)cccc2F)sc1C(=O)O. The van der Waals surface area contributed by atoms with Gasteiger partial charge in [0.2, 0.25) is 0 Å². The van der Waals surface area contributed by atoms with Gasteiger partial charge in [-0.3, -0.25) is 10.1 Å². The monoisotopic (exact) mass is 298 g/mol. The molecule has 0 spiro atoms. The van der Waals surface area contributed by atoms with Crippen molar-refractivity contribution < 1.29 is 23.5 Å². The van der Waals surface area contributed by atoms with E-state index in [-0.39, 0.29) is 15.7 Å². The highest BCUT2D eigenvalue weighted by atomic mass is 32.1. The van der Waals surface area contributed by atoms with Crippen LogP contribution in [0.15, 0.2) is 18.2 Å². The van der Waals surface area contributed by atoms with Crippen LogP contribution in [0.1, 0.15) is 25.7 Å². The fourth-order valence-corrected chi connectivity index (χ4v) is 2.32. The fraction of sp³-hybridized carbons (Fsp3) is 0.0833. The molecule has 0 saturated carbocycles.